The summed E-state index contributed by atoms with van der Waals surface area (Å²) in [6, 6.07) is 16.1. The molecule has 4 N–H and O–H groups in total. The van der Waals surface area contributed by atoms with Crippen molar-refractivity contribution in [2.24, 2.45) is 0 Å². The van der Waals surface area contributed by atoms with Gasteiger partial charge in [-0.15, -0.1) is 0 Å². The van der Waals surface area contributed by atoms with Gasteiger partial charge in [0.1, 0.15) is 11.5 Å². The van der Waals surface area contributed by atoms with Crippen LogP contribution in [0.4, 0.5) is 11.4 Å². The lowest BCUT2D eigenvalue weighted by Crippen LogP contribution is -2.12. The third-order valence-electron chi connectivity index (χ3n) is 4.16. The maximum absolute atomic E-state index is 12.3. The molecule has 0 atom stereocenters. The molecule has 0 unspecified atom stereocenters. The van der Waals surface area contributed by atoms with E-state index in [1.165, 1.54) is 24.3 Å². The average molecular weight is 376 g/mol. The van der Waals surface area contributed by atoms with Crippen molar-refractivity contribution >= 4 is 23.3 Å². The molecule has 0 aliphatic carbocycles. The SMILES string of the molecule is Cc1cc(N)ccc1OC(=O)c1ccc(C(=O)Oc2ccc(N)cc2C)cc1. The van der Waals surface area contributed by atoms with Gasteiger partial charge < -0.3 is 20.9 Å². The van der Waals surface area contributed by atoms with Gasteiger partial charge >= 0.3 is 11.9 Å². The number of carbonyl (C=O) groups is 2. The lowest BCUT2D eigenvalue weighted by Gasteiger charge is -2.09. The summed E-state index contributed by atoms with van der Waals surface area (Å²) in [5.74, 6) is -0.188. The second-order valence-corrected chi connectivity index (χ2v) is 6.41. The van der Waals surface area contributed by atoms with E-state index < -0.39 is 11.9 Å². The van der Waals surface area contributed by atoms with Crippen molar-refractivity contribution in [3.05, 3.63) is 82.9 Å². The zero-order valence-electron chi connectivity index (χ0n) is 15.6. The number of hydrogen-bond acceptors (Lipinski definition) is 6. The van der Waals surface area contributed by atoms with E-state index in [-0.39, 0.29) is 0 Å². The molecular weight excluding hydrogens is 356 g/mol. The van der Waals surface area contributed by atoms with Crippen LogP contribution in [0, 0.1) is 13.8 Å². The highest BCUT2D eigenvalue weighted by molar-refractivity contribution is 5.95. The number of aryl methyl sites for hydroxylation is 2. The Bertz CT molecular complexity index is 958. The number of rotatable bonds is 4. The standard InChI is InChI=1S/C22H20N2O4/c1-13-11-17(23)7-9-19(13)27-21(25)15-3-5-16(6-4-15)22(26)28-20-10-8-18(24)12-14(20)2/h3-12H,23-24H2,1-2H3. The first-order valence-corrected chi connectivity index (χ1v) is 8.60. The van der Waals surface area contributed by atoms with Crippen LogP contribution in [0.5, 0.6) is 11.5 Å². The van der Waals surface area contributed by atoms with Crippen molar-refractivity contribution in [3.8, 4) is 11.5 Å². The van der Waals surface area contributed by atoms with E-state index in [9.17, 15) is 9.59 Å². The minimum absolute atomic E-state index is 0.316. The Balaban J connectivity index is 1.70. The van der Waals surface area contributed by atoms with Gasteiger partial charge in [-0.25, -0.2) is 9.59 Å². The predicted molar refractivity (Wildman–Crippen MR) is 108 cm³/mol. The van der Waals surface area contributed by atoms with Crippen LogP contribution in [0.3, 0.4) is 0 Å². The summed E-state index contributed by atoms with van der Waals surface area (Å²) in [6.07, 6.45) is 0. The lowest BCUT2D eigenvalue weighted by molar-refractivity contribution is 0.0719. The fraction of sp³-hybridized carbons (Fsp3) is 0.0909. The maximum Gasteiger partial charge on any atom is 0.343 e. The van der Waals surface area contributed by atoms with Crippen molar-refractivity contribution < 1.29 is 19.1 Å². The van der Waals surface area contributed by atoms with E-state index in [4.69, 9.17) is 20.9 Å². The predicted octanol–water partition coefficient (Wildman–Crippen LogP) is 3.91. The summed E-state index contributed by atoms with van der Waals surface area (Å²) in [5, 5.41) is 0. The Morgan fingerprint density at radius 3 is 1.32 bits per heavy atom. The molecule has 0 aliphatic heterocycles. The normalized spacial score (nSPS) is 10.4. The Hall–Kier alpha value is -3.80. The summed E-state index contributed by atoms with van der Waals surface area (Å²) in [4.78, 5) is 24.6. The summed E-state index contributed by atoms with van der Waals surface area (Å²) in [6.45, 7) is 3.61. The zero-order chi connectivity index (χ0) is 20.3. The van der Waals surface area contributed by atoms with E-state index in [0.717, 1.165) is 11.1 Å². The molecule has 0 aliphatic rings. The molecule has 0 aromatic heterocycles. The fourth-order valence-electron chi connectivity index (χ4n) is 2.63. The third-order valence-corrected chi connectivity index (χ3v) is 4.16. The Morgan fingerprint density at radius 1 is 0.643 bits per heavy atom. The molecule has 6 heteroatoms. The van der Waals surface area contributed by atoms with Gasteiger partial charge in [-0.2, -0.15) is 0 Å². The second kappa shape index (κ2) is 7.84. The van der Waals surface area contributed by atoms with Crippen LogP contribution < -0.4 is 20.9 Å². The first kappa shape index (κ1) is 19.0. The molecule has 3 aromatic carbocycles. The monoisotopic (exact) mass is 376 g/mol. The molecule has 0 amide bonds. The van der Waals surface area contributed by atoms with Crippen molar-refractivity contribution in [2.75, 3.05) is 11.5 Å². The van der Waals surface area contributed by atoms with Gasteiger partial charge in [-0.3, -0.25) is 0 Å². The molecule has 142 valence electrons. The van der Waals surface area contributed by atoms with Crippen molar-refractivity contribution in [2.45, 2.75) is 13.8 Å². The molecule has 0 saturated heterocycles. The highest BCUT2D eigenvalue weighted by Gasteiger charge is 2.14. The molecule has 0 spiro atoms. The van der Waals surface area contributed by atoms with E-state index in [1.807, 2.05) is 0 Å². The average Bonchev–Trinajstić information content (AvgIpc) is 2.66. The molecular formula is C22H20N2O4. The van der Waals surface area contributed by atoms with Crippen LogP contribution in [0.25, 0.3) is 0 Å². The number of ether oxygens (including phenoxy) is 2. The largest absolute Gasteiger partial charge is 0.423 e. The molecule has 0 saturated carbocycles. The number of anilines is 2. The second-order valence-electron chi connectivity index (χ2n) is 6.41. The number of carbonyl (C=O) groups excluding carboxylic acids is 2. The van der Waals surface area contributed by atoms with Crippen molar-refractivity contribution in [3.63, 3.8) is 0 Å². The van der Waals surface area contributed by atoms with E-state index in [0.29, 0.717) is 34.0 Å². The van der Waals surface area contributed by atoms with Crippen LogP contribution in [0.15, 0.2) is 60.7 Å². The molecule has 0 bridgehead atoms. The van der Waals surface area contributed by atoms with E-state index in [2.05, 4.69) is 0 Å². The number of nitrogens with two attached hydrogens (primary N) is 2. The zero-order valence-corrected chi connectivity index (χ0v) is 15.6. The van der Waals surface area contributed by atoms with Crippen LogP contribution in [-0.2, 0) is 0 Å². The maximum atomic E-state index is 12.3. The number of esters is 2. The van der Waals surface area contributed by atoms with Gasteiger partial charge in [0.2, 0.25) is 0 Å². The Morgan fingerprint density at radius 2 is 1.00 bits per heavy atom. The molecule has 28 heavy (non-hydrogen) atoms. The quantitative estimate of drug-likeness (QED) is 0.406. The van der Waals surface area contributed by atoms with Gasteiger partial charge in [0.25, 0.3) is 0 Å². The molecule has 3 rings (SSSR count). The number of hydrogen-bond donors (Lipinski definition) is 2. The lowest BCUT2D eigenvalue weighted by atomic mass is 10.1. The minimum Gasteiger partial charge on any atom is -0.423 e. The van der Waals surface area contributed by atoms with Gasteiger partial charge in [-0.05, 0) is 85.6 Å². The molecule has 0 radical (unpaired) electrons. The Labute approximate surface area is 162 Å². The van der Waals surface area contributed by atoms with Gasteiger partial charge in [0, 0.05) is 11.4 Å². The van der Waals surface area contributed by atoms with E-state index in [1.54, 1.807) is 50.2 Å². The summed E-state index contributed by atoms with van der Waals surface area (Å²) >= 11 is 0. The first-order valence-electron chi connectivity index (χ1n) is 8.60. The van der Waals surface area contributed by atoms with Crippen molar-refractivity contribution in [1.29, 1.82) is 0 Å². The van der Waals surface area contributed by atoms with Crippen molar-refractivity contribution in [1.82, 2.24) is 0 Å². The third kappa shape index (κ3) is 4.29. The van der Waals surface area contributed by atoms with Gasteiger partial charge in [0.15, 0.2) is 0 Å². The smallest absolute Gasteiger partial charge is 0.343 e. The molecule has 3 aromatic rings. The minimum atomic E-state index is -0.526. The summed E-state index contributed by atoms with van der Waals surface area (Å²) in [7, 11) is 0. The molecule has 0 heterocycles. The summed E-state index contributed by atoms with van der Waals surface area (Å²) in [5.41, 5.74) is 14.7. The molecule has 6 nitrogen and oxygen atoms in total. The van der Waals surface area contributed by atoms with Crippen LogP contribution in [0.1, 0.15) is 31.8 Å². The van der Waals surface area contributed by atoms with Crippen LogP contribution in [-0.4, -0.2) is 11.9 Å². The Kier molecular flexibility index (Phi) is 5.31. The highest BCUT2D eigenvalue weighted by Crippen LogP contribution is 2.23. The molecule has 0 fully saturated rings. The van der Waals surface area contributed by atoms with Gasteiger partial charge in [0.05, 0.1) is 11.1 Å². The highest BCUT2D eigenvalue weighted by atomic mass is 16.5. The van der Waals surface area contributed by atoms with Crippen LogP contribution >= 0.6 is 0 Å². The summed E-state index contributed by atoms with van der Waals surface area (Å²) < 4.78 is 10.8. The number of nitrogen functional groups attached to an aromatic ring is 2. The topological polar surface area (TPSA) is 105 Å². The van der Waals surface area contributed by atoms with Gasteiger partial charge in [-0.1, -0.05) is 0 Å². The fourth-order valence-corrected chi connectivity index (χ4v) is 2.63. The van der Waals surface area contributed by atoms with Crippen LogP contribution in [0.2, 0.25) is 0 Å². The first-order chi connectivity index (χ1) is 13.3. The number of benzene rings is 3. The van der Waals surface area contributed by atoms with E-state index >= 15 is 0 Å².